The molecular formula is C26H35N5. The molecule has 31 heavy (non-hydrogen) atoms. The summed E-state index contributed by atoms with van der Waals surface area (Å²) in [7, 11) is 0. The fourth-order valence-corrected chi connectivity index (χ4v) is 3.76. The Balaban J connectivity index is 1.90. The first-order chi connectivity index (χ1) is 15.2. The maximum atomic E-state index is 5.75. The Morgan fingerprint density at radius 1 is 1.10 bits per heavy atom. The van der Waals surface area contributed by atoms with Gasteiger partial charge in [0.05, 0.1) is 17.6 Å². The minimum Gasteiger partial charge on any atom is -0.330 e. The smallest absolute Gasteiger partial charge is 0.124 e. The lowest BCUT2D eigenvalue weighted by atomic mass is 10.2. The third-order valence-electron chi connectivity index (χ3n) is 5.43. The first kappa shape index (κ1) is 22.9. The molecule has 0 aliphatic carbocycles. The highest BCUT2D eigenvalue weighted by molar-refractivity contribution is 5.86. The molecule has 1 aromatic heterocycles. The first-order valence-corrected chi connectivity index (χ1v) is 11.3. The molecule has 0 fully saturated rings. The summed E-state index contributed by atoms with van der Waals surface area (Å²) >= 11 is 0. The summed E-state index contributed by atoms with van der Waals surface area (Å²) in [4.78, 5) is 12.1. The second kappa shape index (κ2) is 12.2. The van der Waals surface area contributed by atoms with E-state index in [0.29, 0.717) is 0 Å². The molecule has 2 N–H and O–H groups in total. The Labute approximate surface area is 186 Å². The molecular weight excluding hydrogens is 382 g/mol. The van der Waals surface area contributed by atoms with Gasteiger partial charge in [0.25, 0.3) is 0 Å². The van der Waals surface area contributed by atoms with Crippen LogP contribution in [0.15, 0.2) is 71.9 Å². The maximum Gasteiger partial charge on any atom is 0.124 e. The van der Waals surface area contributed by atoms with Crippen molar-refractivity contribution < 1.29 is 0 Å². The summed E-state index contributed by atoms with van der Waals surface area (Å²) in [5.74, 6) is 1.10. The van der Waals surface area contributed by atoms with Crippen LogP contribution in [0.25, 0.3) is 11.0 Å². The van der Waals surface area contributed by atoms with E-state index in [1.54, 1.807) is 0 Å². The van der Waals surface area contributed by atoms with E-state index in [1.807, 2.05) is 19.2 Å². The number of hydrogen-bond acceptors (Lipinski definition) is 4. The van der Waals surface area contributed by atoms with Crippen LogP contribution in [0.2, 0.25) is 0 Å². The van der Waals surface area contributed by atoms with Crippen molar-refractivity contribution in [2.45, 2.75) is 46.2 Å². The first-order valence-electron chi connectivity index (χ1n) is 11.3. The van der Waals surface area contributed by atoms with Gasteiger partial charge in [-0.3, -0.25) is 9.89 Å². The molecule has 0 aliphatic rings. The third-order valence-corrected chi connectivity index (χ3v) is 5.43. The molecule has 0 saturated carbocycles. The van der Waals surface area contributed by atoms with Crippen molar-refractivity contribution in [2.75, 3.05) is 19.6 Å². The highest BCUT2D eigenvalue weighted by Crippen LogP contribution is 2.19. The molecule has 164 valence electrons. The monoisotopic (exact) mass is 417 g/mol. The van der Waals surface area contributed by atoms with Crippen LogP contribution in [0.1, 0.15) is 44.5 Å². The molecule has 5 heteroatoms. The molecule has 0 saturated heterocycles. The van der Waals surface area contributed by atoms with Crippen LogP contribution in [0.4, 0.5) is 0 Å². The summed E-state index contributed by atoms with van der Waals surface area (Å²) in [6.07, 6.45) is 6.92. The number of rotatable bonds is 12. The van der Waals surface area contributed by atoms with Gasteiger partial charge in [-0.25, -0.2) is 4.98 Å². The van der Waals surface area contributed by atoms with E-state index < -0.39 is 0 Å². The zero-order valence-corrected chi connectivity index (χ0v) is 18.9. The Kier molecular flexibility index (Phi) is 9.00. The standard InChI is InChI=1S/C26H35N5/c1-3-17-28-23(4-2)20-30(18-11-10-16-27)21-26-29-24-14-8-9-15-25(24)31(26)19-22-12-6-5-7-13-22/h3,5-9,12-15,17H,4,10-11,16,18-21,27H2,1-2H3/b17-3-,28-23?. The minimum atomic E-state index is 0.730. The van der Waals surface area contributed by atoms with Crippen LogP contribution >= 0.6 is 0 Å². The van der Waals surface area contributed by atoms with Crippen LogP contribution < -0.4 is 5.73 Å². The Bertz CT molecular complexity index is 987. The molecule has 2 aromatic carbocycles. The van der Waals surface area contributed by atoms with Crippen LogP contribution in [0, 0.1) is 0 Å². The number of allylic oxidation sites excluding steroid dienone is 1. The van der Waals surface area contributed by atoms with Crippen molar-refractivity contribution >= 4 is 16.7 Å². The summed E-state index contributed by atoms with van der Waals surface area (Å²) in [5, 5.41) is 0. The number of fused-ring (bicyclic) bond motifs is 1. The van der Waals surface area contributed by atoms with E-state index in [2.05, 4.69) is 76.0 Å². The molecule has 1 heterocycles. The Hall–Kier alpha value is -2.76. The largest absolute Gasteiger partial charge is 0.330 e. The molecule has 0 amide bonds. The lowest BCUT2D eigenvalue weighted by Gasteiger charge is -2.23. The fourth-order valence-electron chi connectivity index (χ4n) is 3.76. The van der Waals surface area contributed by atoms with Gasteiger partial charge in [0, 0.05) is 25.0 Å². The average molecular weight is 418 g/mol. The summed E-state index contributed by atoms with van der Waals surface area (Å²) in [6.45, 7) is 8.35. The molecule has 0 atom stereocenters. The SMILES string of the molecule is C/C=C\N=C(CC)CN(CCCCN)Cc1nc2ccccc2n1Cc1ccccc1. The predicted molar refractivity (Wildman–Crippen MR) is 131 cm³/mol. The summed E-state index contributed by atoms with van der Waals surface area (Å²) in [6, 6.07) is 19.0. The zero-order chi connectivity index (χ0) is 21.9. The number of benzene rings is 2. The van der Waals surface area contributed by atoms with Gasteiger partial charge in [0.2, 0.25) is 0 Å². The maximum absolute atomic E-state index is 5.75. The average Bonchev–Trinajstić information content (AvgIpc) is 3.14. The predicted octanol–water partition coefficient (Wildman–Crippen LogP) is 5.01. The van der Waals surface area contributed by atoms with Gasteiger partial charge < -0.3 is 10.3 Å². The van der Waals surface area contributed by atoms with Crippen molar-refractivity contribution in [1.29, 1.82) is 0 Å². The lowest BCUT2D eigenvalue weighted by molar-refractivity contribution is 0.285. The van der Waals surface area contributed by atoms with Gasteiger partial charge in [-0.15, -0.1) is 0 Å². The van der Waals surface area contributed by atoms with Gasteiger partial charge in [-0.2, -0.15) is 0 Å². The van der Waals surface area contributed by atoms with Crippen molar-refractivity contribution in [1.82, 2.24) is 14.5 Å². The minimum absolute atomic E-state index is 0.730. The normalized spacial score (nSPS) is 12.5. The van der Waals surface area contributed by atoms with E-state index in [0.717, 1.165) is 63.3 Å². The van der Waals surface area contributed by atoms with Gasteiger partial charge in [-0.05, 0) is 57.0 Å². The zero-order valence-electron chi connectivity index (χ0n) is 18.9. The van der Waals surface area contributed by atoms with Crippen molar-refractivity contribution in [3.63, 3.8) is 0 Å². The molecule has 5 nitrogen and oxygen atoms in total. The van der Waals surface area contributed by atoms with Gasteiger partial charge in [0.1, 0.15) is 5.82 Å². The van der Waals surface area contributed by atoms with E-state index in [-0.39, 0.29) is 0 Å². The molecule has 3 aromatic rings. The van der Waals surface area contributed by atoms with Crippen molar-refractivity contribution in [3.05, 3.63) is 78.3 Å². The molecule has 3 rings (SSSR count). The van der Waals surface area contributed by atoms with Crippen LogP contribution in [-0.4, -0.2) is 39.8 Å². The summed E-state index contributed by atoms with van der Waals surface area (Å²) in [5.41, 5.74) is 10.5. The van der Waals surface area contributed by atoms with Crippen molar-refractivity contribution in [3.8, 4) is 0 Å². The topological polar surface area (TPSA) is 59.4 Å². The molecule has 0 unspecified atom stereocenters. The van der Waals surface area contributed by atoms with Crippen LogP contribution in [-0.2, 0) is 13.1 Å². The highest BCUT2D eigenvalue weighted by atomic mass is 15.2. The van der Waals surface area contributed by atoms with E-state index in [9.17, 15) is 0 Å². The second-order valence-electron chi connectivity index (χ2n) is 7.83. The van der Waals surface area contributed by atoms with Crippen molar-refractivity contribution in [2.24, 2.45) is 10.7 Å². The fraction of sp³-hybridized carbons (Fsp3) is 0.385. The van der Waals surface area contributed by atoms with Gasteiger partial charge in [-0.1, -0.05) is 55.5 Å². The van der Waals surface area contributed by atoms with E-state index in [1.165, 1.54) is 16.8 Å². The molecule has 0 aliphatic heterocycles. The molecule has 0 radical (unpaired) electrons. The Morgan fingerprint density at radius 2 is 1.87 bits per heavy atom. The lowest BCUT2D eigenvalue weighted by Crippen LogP contribution is -2.32. The molecule has 0 bridgehead atoms. The number of para-hydroxylation sites is 2. The number of hydrogen-bond donors (Lipinski definition) is 1. The Morgan fingerprint density at radius 3 is 2.61 bits per heavy atom. The van der Waals surface area contributed by atoms with Crippen LogP contribution in [0.5, 0.6) is 0 Å². The quantitative estimate of drug-likeness (QED) is 0.333. The second-order valence-corrected chi connectivity index (χ2v) is 7.83. The number of nitrogens with two attached hydrogens (primary N) is 1. The third kappa shape index (κ3) is 6.61. The highest BCUT2D eigenvalue weighted by Gasteiger charge is 2.16. The number of nitrogens with zero attached hydrogens (tertiary/aromatic N) is 4. The van der Waals surface area contributed by atoms with E-state index in [4.69, 9.17) is 10.7 Å². The summed E-state index contributed by atoms with van der Waals surface area (Å²) < 4.78 is 2.36. The number of aromatic nitrogens is 2. The number of unbranched alkanes of at least 4 members (excludes halogenated alkanes) is 1. The van der Waals surface area contributed by atoms with Gasteiger partial charge in [0.15, 0.2) is 0 Å². The number of imidazole rings is 1. The van der Waals surface area contributed by atoms with E-state index >= 15 is 0 Å². The number of aliphatic imine (C=N–C) groups is 1. The molecule has 0 spiro atoms. The van der Waals surface area contributed by atoms with Gasteiger partial charge >= 0.3 is 0 Å². The van der Waals surface area contributed by atoms with Crippen LogP contribution in [0.3, 0.4) is 0 Å².